The van der Waals surface area contributed by atoms with Gasteiger partial charge in [0.2, 0.25) is 0 Å². The number of rotatable bonds is 6. The first-order chi connectivity index (χ1) is 11.8. The van der Waals surface area contributed by atoms with Gasteiger partial charge in [0.25, 0.3) is 5.91 Å². The van der Waals surface area contributed by atoms with Crippen molar-refractivity contribution in [3.63, 3.8) is 0 Å². The molecule has 2 aromatic rings. The van der Waals surface area contributed by atoms with E-state index < -0.39 is 30.4 Å². The summed E-state index contributed by atoms with van der Waals surface area (Å²) in [5.74, 6) is -1.26. The van der Waals surface area contributed by atoms with Crippen molar-refractivity contribution in [3.8, 4) is 5.75 Å². The second kappa shape index (κ2) is 8.48. The highest BCUT2D eigenvalue weighted by atomic mass is 35.5. The molecule has 1 atom stereocenters. The highest BCUT2D eigenvalue weighted by Gasteiger charge is 2.18. The quantitative estimate of drug-likeness (QED) is 0.792. The third kappa shape index (κ3) is 5.76. The van der Waals surface area contributed by atoms with E-state index in [1.165, 1.54) is 31.2 Å². The Bertz CT molecular complexity index is 764. The summed E-state index contributed by atoms with van der Waals surface area (Å²) in [5.41, 5.74) is 1.38. The van der Waals surface area contributed by atoms with Crippen LogP contribution >= 0.6 is 11.6 Å². The Kier molecular flexibility index (Phi) is 6.36. The van der Waals surface area contributed by atoms with Crippen molar-refractivity contribution in [2.75, 3.05) is 11.9 Å². The van der Waals surface area contributed by atoms with Crippen LogP contribution in [0.15, 0.2) is 42.5 Å². The van der Waals surface area contributed by atoms with E-state index >= 15 is 0 Å². The van der Waals surface area contributed by atoms with Gasteiger partial charge in [0.1, 0.15) is 11.6 Å². The minimum Gasteiger partial charge on any atom is -0.479 e. The summed E-state index contributed by atoms with van der Waals surface area (Å²) >= 11 is 5.85. The average Bonchev–Trinajstić information content (AvgIpc) is 2.57. The Hall–Kier alpha value is -2.60. The molecule has 25 heavy (non-hydrogen) atoms. The smallest absolute Gasteiger partial charge is 0.347 e. The van der Waals surface area contributed by atoms with E-state index in [2.05, 4.69) is 5.32 Å². The monoisotopic (exact) mass is 365 g/mol. The molecule has 0 aromatic heterocycles. The van der Waals surface area contributed by atoms with Crippen LogP contribution in [0.1, 0.15) is 12.5 Å². The van der Waals surface area contributed by atoms with Gasteiger partial charge in [-0.1, -0.05) is 11.6 Å². The van der Waals surface area contributed by atoms with Gasteiger partial charge in [-0.05, 0) is 61.9 Å². The molecule has 0 aliphatic carbocycles. The number of aryl methyl sites for hydroxylation is 1. The number of carbonyl (C=O) groups excluding carboxylic acids is 2. The van der Waals surface area contributed by atoms with Crippen molar-refractivity contribution in [2.24, 2.45) is 0 Å². The van der Waals surface area contributed by atoms with Crippen LogP contribution < -0.4 is 10.1 Å². The molecule has 5 nitrogen and oxygen atoms in total. The number of benzene rings is 2. The van der Waals surface area contributed by atoms with E-state index in [0.717, 1.165) is 5.56 Å². The molecule has 0 saturated heterocycles. The summed E-state index contributed by atoms with van der Waals surface area (Å²) in [4.78, 5) is 23.7. The number of carbonyl (C=O) groups is 2. The molecular weight excluding hydrogens is 349 g/mol. The second-order valence-electron chi connectivity index (χ2n) is 5.33. The molecule has 0 bridgehead atoms. The Morgan fingerprint density at radius 2 is 1.88 bits per heavy atom. The van der Waals surface area contributed by atoms with Crippen molar-refractivity contribution < 1.29 is 23.5 Å². The molecule has 0 saturated carbocycles. The van der Waals surface area contributed by atoms with Crippen LogP contribution in [0.4, 0.5) is 10.1 Å². The number of amides is 1. The van der Waals surface area contributed by atoms with Crippen LogP contribution in [0.5, 0.6) is 5.75 Å². The summed E-state index contributed by atoms with van der Waals surface area (Å²) in [6.07, 6.45) is -0.935. The molecule has 0 fully saturated rings. The third-order valence-corrected chi connectivity index (χ3v) is 3.50. The average molecular weight is 366 g/mol. The van der Waals surface area contributed by atoms with E-state index in [1.54, 1.807) is 25.1 Å². The van der Waals surface area contributed by atoms with Crippen LogP contribution in [-0.2, 0) is 14.3 Å². The topological polar surface area (TPSA) is 64.6 Å². The van der Waals surface area contributed by atoms with Gasteiger partial charge >= 0.3 is 5.97 Å². The maximum Gasteiger partial charge on any atom is 0.347 e. The van der Waals surface area contributed by atoms with E-state index in [4.69, 9.17) is 21.1 Å². The number of esters is 1. The van der Waals surface area contributed by atoms with Gasteiger partial charge in [-0.3, -0.25) is 4.79 Å². The van der Waals surface area contributed by atoms with Gasteiger partial charge in [0.15, 0.2) is 12.7 Å². The zero-order chi connectivity index (χ0) is 18.4. The molecule has 0 aliphatic heterocycles. The number of hydrogen-bond donors (Lipinski definition) is 1. The van der Waals surface area contributed by atoms with Crippen molar-refractivity contribution in [1.29, 1.82) is 0 Å². The third-order valence-electron chi connectivity index (χ3n) is 3.27. The number of nitrogens with one attached hydrogen (secondary N) is 1. The van der Waals surface area contributed by atoms with Gasteiger partial charge in [-0.15, -0.1) is 0 Å². The fourth-order valence-corrected chi connectivity index (χ4v) is 2.20. The largest absolute Gasteiger partial charge is 0.479 e. The van der Waals surface area contributed by atoms with E-state index in [9.17, 15) is 14.0 Å². The predicted octanol–water partition coefficient (Wildman–Crippen LogP) is 3.74. The zero-order valence-corrected chi connectivity index (χ0v) is 14.5. The van der Waals surface area contributed by atoms with Gasteiger partial charge in [0, 0.05) is 10.7 Å². The molecule has 0 radical (unpaired) electrons. The molecule has 132 valence electrons. The van der Waals surface area contributed by atoms with Crippen LogP contribution in [-0.4, -0.2) is 24.6 Å². The maximum atomic E-state index is 12.8. The molecule has 7 heteroatoms. The van der Waals surface area contributed by atoms with Crippen LogP contribution in [0.25, 0.3) is 0 Å². The molecule has 0 heterocycles. The Labute approximate surface area is 149 Å². The van der Waals surface area contributed by atoms with Gasteiger partial charge in [0.05, 0.1) is 0 Å². The molecule has 1 N–H and O–H groups in total. The Morgan fingerprint density at radius 3 is 2.52 bits per heavy atom. The highest BCUT2D eigenvalue weighted by molar-refractivity contribution is 6.30. The molecular formula is C18H17ClFNO4. The summed E-state index contributed by atoms with van der Waals surface area (Å²) in [6, 6.07) is 10.3. The minimum absolute atomic E-state index is 0.326. The van der Waals surface area contributed by atoms with Crippen LogP contribution in [0, 0.1) is 12.7 Å². The maximum absolute atomic E-state index is 12.8. The molecule has 0 unspecified atom stereocenters. The number of hydrogen-bond acceptors (Lipinski definition) is 4. The van der Waals surface area contributed by atoms with Crippen LogP contribution in [0.3, 0.4) is 0 Å². The Morgan fingerprint density at radius 1 is 1.20 bits per heavy atom. The predicted molar refractivity (Wildman–Crippen MR) is 92.3 cm³/mol. The highest BCUT2D eigenvalue weighted by Crippen LogP contribution is 2.19. The summed E-state index contributed by atoms with van der Waals surface area (Å²) in [7, 11) is 0. The number of ether oxygens (including phenoxy) is 2. The van der Waals surface area contributed by atoms with Crippen molar-refractivity contribution in [1.82, 2.24) is 0 Å². The normalized spacial score (nSPS) is 11.5. The zero-order valence-electron chi connectivity index (χ0n) is 13.7. The first kappa shape index (κ1) is 18.7. The van der Waals surface area contributed by atoms with E-state index in [1.807, 2.05) is 0 Å². The lowest BCUT2D eigenvalue weighted by Gasteiger charge is -2.14. The molecule has 1 amide bonds. The molecule has 0 spiro atoms. The lowest BCUT2D eigenvalue weighted by molar-refractivity contribution is -0.153. The van der Waals surface area contributed by atoms with Crippen molar-refractivity contribution >= 4 is 29.2 Å². The standard InChI is InChI=1S/C18H17ClFNO4/c1-11-9-13(19)3-8-16(11)21-17(22)10-24-18(23)12(2)25-15-6-4-14(20)5-7-15/h3-9,12H,10H2,1-2H3,(H,21,22)/t12-/m0/s1. The van der Waals surface area contributed by atoms with E-state index in [0.29, 0.717) is 16.5 Å². The minimum atomic E-state index is -0.935. The number of halogens is 2. The summed E-state index contributed by atoms with van der Waals surface area (Å²) < 4.78 is 23.1. The lowest BCUT2D eigenvalue weighted by atomic mass is 10.2. The van der Waals surface area contributed by atoms with Crippen LogP contribution in [0.2, 0.25) is 5.02 Å². The fourth-order valence-electron chi connectivity index (χ4n) is 1.97. The fraction of sp³-hybridized carbons (Fsp3) is 0.222. The Balaban J connectivity index is 1.82. The first-order valence-electron chi connectivity index (χ1n) is 7.50. The van der Waals surface area contributed by atoms with Gasteiger partial charge in [-0.2, -0.15) is 0 Å². The second-order valence-corrected chi connectivity index (χ2v) is 5.77. The number of anilines is 1. The van der Waals surface area contributed by atoms with E-state index in [-0.39, 0.29) is 0 Å². The lowest BCUT2D eigenvalue weighted by Crippen LogP contribution is -2.29. The molecule has 2 aromatic carbocycles. The molecule has 0 aliphatic rings. The van der Waals surface area contributed by atoms with Gasteiger partial charge < -0.3 is 14.8 Å². The van der Waals surface area contributed by atoms with Gasteiger partial charge in [-0.25, -0.2) is 9.18 Å². The summed E-state index contributed by atoms with van der Waals surface area (Å²) in [6.45, 7) is 2.83. The van der Waals surface area contributed by atoms with Crippen molar-refractivity contribution in [2.45, 2.75) is 20.0 Å². The van der Waals surface area contributed by atoms with Crippen molar-refractivity contribution in [3.05, 3.63) is 58.9 Å². The summed E-state index contributed by atoms with van der Waals surface area (Å²) in [5, 5.41) is 3.19. The first-order valence-corrected chi connectivity index (χ1v) is 7.88. The SMILES string of the molecule is Cc1cc(Cl)ccc1NC(=O)COC(=O)[C@H](C)Oc1ccc(F)cc1. The molecule has 2 rings (SSSR count).